The summed E-state index contributed by atoms with van der Waals surface area (Å²) in [6.07, 6.45) is -0.242. The molecule has 0 saturated carbocycles. The van der Waals surface area contributed by atoms with Gasteiger partial charge in [0.15, 0.2) is 0 Å². The number of carbonyl (C=O) groups is 2. The van der Waals surface area contributed by atoms with Gasteiger partial charge in [-0.25, -0.2) is 0 Å². The van der Waals surface area contributed by atoms with E-state index >= 15 is 0 Å². The Hall–Kier alpha value is -1.99. The highest BCUT2D eigenvalue weighted by Crippen LogP contribution is 2.35. The van der Waals surface area contributed by atoms with E-state index in [1.54, 1.807) is 17.0 Å². The molecule has 7 nitrogen and oxygen atoms in total. The molecule has 1 aliphatic heterocycles. The van der Waals surface area contributed by atoms with E-state index in [0.29, 0.717) is 48.5 Å². The first-order valence-corrected chi connectivity index (χ1v) is 7.50. The lowest BCUT2D eigenvalue weighted by Crippen LogP contribution is -2.41. The molecule has 1 N–H and O–H groups in total. The van der Waals surface area contributed by atoms with Crippen molar-refractivity contribution >= 4 is 29.1 Å². The van der Waals surface area contributed by atoms with E-state index in [1.807, 2.05) is 0 Å². The van der Waals surface area contributed by atoms with E-state index < -0.39 is 5.91 Å². The Morgan fingerprint density at radius 1 is 1.22 bits per heavy atom. The lowest BCUT2D eigenvalue weighted by Gasteiger charge is -2.26. The van der Waals surface area contributed by atoms with Crippen molar-refractivity contribution < 1.29 is 23.8 Å². The highest BCUT2D eigenvalue weighted by molar-refractivity contribution is 6.32. The number of hydrogen-bond donors (Lipinski definition) is 1. The molecular weight excluding hydrogens is 324 g/mol. The van der Waals surface area contributed by atoms with Gasteiger partial charge in [-0.3, -0.25) is 9.59 Å². The van der Waals surface area contributed by atoms with Crippen LogP contribution in [0, 0.1) is 0 Å². The molecule has 1 aromatic rings. The molecule has 1 aliphatic rings. The number of hydrogen-bond acceptors (Lipinski definition) is 5. The first-order valence-electron chi connectivity index (χ1n) is 7.12. The normalized spacial score (nSPS) is 14.3. The van der Waals surface area contributed by atoms with Crippen molar-refractivity contribution in [2.45, 2.75) is 6.42 Å². The fourth-order valence-electron chi connectivity index (χ4n) is 2.21. The molecular formula is C15H19ClN2O5. The third kappa shape index (κ3) is 4.49. The number of methoxy groups -OCH3 is 2. The number of anilines is 1. The summed E-state index contributed by atoms with van der Waals surface area (Å²) < 4.78 is 15.5. The maximum atomic E-state index is 12.1. The summed E-state index contributed by atoms with van der Waals surface area (Å²) in [7, 11) is 2.94. The van der Waals surface area contributed by atoms with Gasteiger partial charge in [-0.1, -0.05) is 11.6 Å². The van der Waals surface area contributed by atoms with Crippen LogP contribution < -0.4 is 14.8 Å². The second-order valence-corrected chi connectivity index (χ2v) is 5.31. The zero-order chi connectivity index (χ0) is 16.8. The van der Waals surface area contributed by atoms with Crippen molar-refractivity contribution in [3.05, 3.63) is 17.2 Å². The smallest absolute Gasteiger partial charge is 0.233 e. The van der Waals surface area contributed by atoms with Crippen LogP contribution in [0.3, 0.4) is 0 Å². The molecule has 0 aliphatic carbocycles. The van der Waals surface area contributed by atoms with Crippen LogP contribution in [0.2, 0.25) is 5.02 Å². The van der Waals surface area contributed by atoms with Gasteiger partial charge in [-0.15, -0.1) is 0 Å². The average molecular weight is 343 g/mol. The summed E-state index contributed by atoms with van der Waals surface area (Å²) in [6.45, 7) is 2.00. The highest BCUT2D eigenvalue weighted by Gasteiger charge is 2.20. The first kappa shape index (κ1) is 17.4. The molecule has 23 heavy (non-hydrogen) atoms. The maximum Gasteiger partial charge on any atom is 0.233 e. The molecule has 0 aromatic heterocycles. The fourth-order valence-corrected chi connectivity index (χ4v) is 2.45. The van der Waals surface area contributed by atoms with Gasteiger partial charge < -0.3 is 24.4 Å². The minimum absolute atomic E-state index is 0.231. The fraction of sp³-hybridized carbons (Fsp3) is 0.467. The summed E-state index contributed by atoms with van der Waals surface area (Å²) in [4.78, 5) is 25.8. The van der Waals surface area contributed by atoms with Crippen LogP contribution in [0.25, 0.3) is 0 Å². The Morgan fingerprint density at radius 3 is 2.48 bits per heavy atom. The van der Waals surface area contributed by atoms with E-state index in [2.05, 4.69) is 5.32 Å². The Bertz CT molecular complexity index is 587. The Labute approximate surface area is 139 Å². The zero-order valence-corrected chi connectivity index (χ0v) is 13.8. The minimum Gasteiger partial charge on any atom is -0.495 e. The number of halogens is 1. The van der Waals surface area contributed by atoms with Gasteiger partial charge in [0.25, 0.3) is 0 Å². The number of nitrogens with zero attached hydrogens (tertiary/aromatic N) is 1. The number of ether oxygens (including phenoxy) is 3. The predicted molar refractivity (Wildman–Crippen MR) is 85.2 cm³/mol. The van der Waals surface area contributed by atoms with Gasteiger partial charge in [0, 0.05) is 25.2 Å². The summed E-state index contributed by atoms with van der Waals surface area (Å²) in [5.74, 6) is 0.139. The Morgan fingerprint density at radius 2 is 1.87 bits per heavy atom. The van der Waals surface area contributed by atoms with Crippen molar-refractivity contribution in [1.29, 1.82) is 0 Å². The van der Waals surface area contributed by atoms with E-state index in [1.165, 1.54) is 14.2 Å². The van der Waals surface area contributed by atoms with Crippen molar-refractivity contribution in [2.75, 3.05) is 45.8 Å². The summed E-state index contributed by atoms with van der Waals surface area (Å²) in [6, 6.07) is 3.10. The Kier molecular flexibility index (Phi) is 6.06. The van der Waals surface area contributed by atoms with Crippen LogP contribution in [-0.4, -0.2) is 57.2 Å². The van der Waals surface area contributed by atoms with Crippen LogP contribution >= 0.6 is 11.6 Å². The number of nitrogens with one attached hydrogen (secondary N) is 1. The van der Waals surface area contributed by atoms with E-state index in [0.717, 1.165) is 0 Å². The third-order valence-corrected chi connectivity index (χ3v) is 3.72. The maximum absolute atomic E-state index is 12.1. The molecule has 0 radical (unpaired) electrons. The molecule has 126 valence electrons. The standard InChI is InChI=1S/C15H19ClN2O5/c1-21-12-8-11(13(22-2)7-10(12)16)17-14(19)9-15(20)18-3-5-23-6-4-18/h7-8H,3-6,9H2,1-2H3,(H,17,19). The van der Waals surface area contributed by atoms with Crippen molar-refractivity contribution in [2.24, 2.45) is 0 Å². The van der Waals surface area contributed by atoms with E-state index in [4.69, 9.17) is 25.8 Å². The summed E-state index contributed by atoms with van der Waals surface area (Å²) >= 11 is 6.01. The molecule has 1 fully saturated rings. The van der Waals surface area contributed by atoms with Crippen molar-refractivity contribution in [3.8, 4) is 11.5 Å². The van der Waals surface area contributed by atoms with Crippen LogP contribution in [0.1, 0.15) is 6.42 Å². The van der Waals surface area contributed by atoms with Crippen molar-refractivity contribution in [1.82, 2.24) is 4.90 Å². The number of morpholine rings is 1. The number of benzene rings is 1. The quantitative estimate of drug-likeness (QED) is 0.821. The van der Waals surface area contributed by atoms with E-state index in [9.17, 15) is 9.59 Å². The van der Waals surface area contributed by atoms with Crippen LogP contribution in [-0.2, 0) is 14.3 Å². The van der Waals surface area contributed by atoms with Gasteiger partial charge >= 0.3 is 0 Å². The number of carbonyl (C=O) groups excluding carboxylic acids is 2. The van der Waals surface area contributed by atoms with Gasteiger partial charge in [-0.05, 0) is 0 Å². The monoisotopic (exact) mass is 342 g/mol. The molecule has 0 unspecified atom stereocenters. The van der Waals surface area contributed by atoms with Gasteiger partial charge in [-0.2, -0.15) is 0 Å². The number of amides is 2. The van der Waals surface area contributed by atoms with Gasteiger partial charge in [0.05, 0.1) is 38.1 Å². The van der Waals surface area contributed by atoms with Gasteiger partial charge in [0.1, 0.15) is 17.9 Å². The molecule has 1 heterocycles. The summed E-state index contributed by atoms with van der Waals surface area (Å²) in [5.41, 5.74) is 0.397. The second kappa shape index (κ2) is 8.03. The predicted octanol–water partition coefficient (Wildman–Crippen LogP) is 1.54. The molecule has 0 atom stereocenters. The van der Waals surface area contributed by atoms with Crippen LogP contribution in [0.5, 0.6) is 11.5 Å². The molecule has 8 heteroatoms. The lowest BCUT2D eigenvalue weighted by atomic mass is 10.2. The highest BCUT2D eigenvalue weighted by atomic mass is 35.5. The summed E-state index contributed by atoms with van der Waals surface area (Å²) in [5, 5.41) is 3.02. The molecule has 2 amide bonds. The van der Waals surface area contributed by atoms with Crippen molar-refractivity contribution in [3.63, 3.8) is 0 Å². The molecule has 0 spiro atoms. The van der Waals surface area contributed by atoms with Crippen LogP contribution in [0.15, 0.2) is 12.1 Å². The Balaban J connectivity index is 2.03. The number of rotatable bonds is 5. The zero-order valence-electron chi connectivity index (χ0n) is 13.1. The van der Waals surface area contributed by atoms with Crippen LogP contribution in [0.4, 0.5) is 5.69 Å². The second-order valence-electron chi connectivity index (χ2n) is 4.91. The lowest BCUT2D eigenvalue weighted by molar-refractivity contribution is -0.138. The largest absolute Gasteiger partial charge is 0.495 e. The topological polar surface area (TPSA) is 77.1 Å². The first-order chi connectivity index (χ1) is 11.0. The minimum atomic E-state index is -0.427. The SMILES string of the molecule is COc1cc(NC(=O)CC(=O)N2CCOCC2)c(OC)cc1Cl. The van der Waals surface area contributed by atoms with E-state index in [-0.39, 0.29) is 12.3 Å². The molecule has 2 rings (SSSR count). The average Bonchev–Trinajstić information content (AvgIpc) is 2.56. The molecule has 1 saturated heterocycles. The van der Waals surface area contributed by atoms with Gasteiger partial charge in [0.2, 0.25) is 11.8 Å². The molecule has 0 bridgehead atoms. The third-order valence-electron chi connectivity index (χ3n) is 3.42. The molecule has 1 aromatic carbocycles.